The Morgan fingerprint density at radius 2 is 2.08 bits per heavy atom. The second kappa shape index (κ2) is 7.35. The van der Waals surface area contributed by atoms with Crippen molar-refractivity contribution in [3.8, 4) is 5.69 Å². The Hall–Kier alpha value is -2.54. The van der Waals surface area contributed by atoms with Crippen LogP contribution in [0.15, 0.2) is 47.2 Å². The molecular formula is C17H18N4O2S. The summed E-state index contributed by atoms with van der Waals surface area (Å²) in [5.41, 5.74) is 3.67. The summed E-state index contributed by atoms with van der Waals surface area (Å²) in [4.78, 5) is 12.0. The number of carbonyl (C=O) groups is 1. The maximum absolute atomic E-state index is 12.0. The molecule has 24 heavy (non-hydrogen) atoms. The van der Waals surface area contributed by atoms with Gasteiger partial charge in [-0.05, 0) is 44.2 Å². The van der Waals surface area contributed by atoms with Crippen LogP contribution in [0.3, 0.4) is 0 Å². The van der Waals surface area contributed by atoms with Gasteiger partial charge in [-0.1, -0.05) is 5.16 Å². The van der Waals surface area contributed by atoms with Crippen LogP contribution in [0.1, 0.15) is 17.0 Å². The summed E-state index contributed by atoms with van der Waals surface area (Å²) in [5, 5.41) is 11.0. The molecule has 1 amide bonds. The van der Waals surface area contributed by atoms with Gasteiger partial charge in [0, 0.05) is 29.4 Å². The Morgan fingerprint density at radius 3 is 2.71 bits per heavy atom. The summed E-state index contributed by atoms with van der Waals surface area (Å²) >= 11 is 1.54. The Morgan fingerprint density at radius 1 is 1.29 bits per heavy atom. The summed E-state index contributed by atoms with van der Waals surface area (Å²) in [6, 6.07) is 9.44. The van der Waals surface area contributed by atoms with Crippen LogP contribution in [0, 0.1) is 13.8 Å². The van der Waals surface area contributed by atoms with Crippen molar-refractivity contribution in [2.75, 3.05) is 11.1 Å². The second-order valence-corrected chi connectivity index (χ2v) is 6.33. The zero-order chi connectivity index (χ0) is 16.9. The van der Waals surface area contributed by atoms with E-state index in [4.69, 9.17) is 4.52 Å². The molecule has 124 valence electrons. The van der Waals surface area contributed by atoms with Gasteiger partial charge in [0.25, 0.3) is 0 Å². The fourth-order valence-corrected chi connectivity index (χ4v) is 3.25. The fraction of sp³-hybridized carbons (Fsp3) is 0.235. The van der Waals surface area contributed by atoms with Crippen molar-refractivity contribution in [3.05, 3.63) is 59.7 Å². The first kappa shape index (κ1) is 16.3. The van der Waals surface area contributed by atoms with Crippen molar-refractivity contribution in [1.82, 2.24) is 14.9 Å². The highest BCUT2D eigenvalue weighted by molar-refractivity contribution is 7.99. The van der Waals surface area contributed by atoms with E-state index >= 15 is 0 Å². The molecule has 1 N–H and O–H groups in total. The molecule has 3 aromatic rings. The monoisotopic (exact) mass is 342 g/mol. The van der Waals surface area contributed by atoms with Gasteiger partial charge in [-0.2, -0.15) is 5.10 Å². The van der Waals surface area contributed by atoms with E-state index in [0.29, 0.717) is 11.5 Å². The number of rotatable bonds is 6. The molecule has 2 heterocycles. The van der Waals surface area contributed by atoms with Gasteiger partial charge in [-0.3, -0.25) is 4.79 Å². The van der Waals surface area contributed by atoms with Crippen molar-refractivity contribution >= 4 is 23.4 Å². The van der Waals surface area contributed by atoms with E-state index in [0.717, 1.165) is 28.4 Å². The van der Waals surface area contributed by atoms with E-state index in [-0.39, 0.29) is 5.91 Å². The number of nitrogens with zero attached hydrogens (tertiary/aromatic N) is 3. The molecule has 6 nitrogen and oxygen atoms in total. The Labute approximate surface area is 144 Å². The third-order valence-electron chi connectivity index (χ3n) is 3.58. The molecule has 0 aliphatic rings. The van der Waals surface area contributed by atoms with Gasteiger partial charge in [0.2, 0.25) is 5.91 Å². The molecule has 0 radical (unpaired) electrons. The zero-order valence-corrected chi connectivity index (χ0v) is 14.3. The average Bonchev–Trinajstić information content (AvgIpc) is 3.21. The minimum Gasteiger partial charge on any atom is -0.361 e. The predicted octanol–water partition coefficient (Wildman–Crippen LogP) is 3.35. The van der Waals surface area contributed by atoms with Crippen LogP contribution in [0.2, 0.25) is 0 Å². The topological polar surface area (TPSA) is 73.0 Å². The van der Waals surface area contributed by atoms with Crippen molar-refractivity contribution < 1.29 is 9.32 Å². The maximum atomic E-state index is 12.0. The number of hydrogen-bond donors (Lipinski definition) is 1. The lowest BCUT2D eigenvalue weighted by atomic mass is 10.2. The molecule has 3 rings (SSSR count). The summed E-state index contributed by atoms with van der Waals surface area (Å²) in [5.74, 6) is 1.88. The van der Waals surface area contributed by atoms with Gasteiger partial charge in [0.15, 0.2) is 0 Å². The van der Waals surface area contributed by atoms with E-state index in [2.05, 4.69) is 15.6 Å². The number of aryl methyl sites for hydroxylation is 2. The van der Waals surface area contributed by atoms with Gasteiger partial charge in [0.1, 0.15) is 5.76 Å². The number of amides is 1. The first-order valence-electron chi connectivity index (χ1n) is 7.53. The number of anilines is 1. The number of carbonyl (C=O) groups excluding carboxylic acids is 1. The van der Waals surface area contributed by atoms with Gasteiger partial charge in [-0.15, -0.1) is 11.8 Å². The minimum atomic E-state index is -0.0291. The standard InChI is InChI=1S/C17H18N4O2S/c1-12-16(13(2)23-20-12)10-24-11-17(22)19-14-4-6-15(7-5-14)21-9-3-8-18-21/h3-9H,10-11H2,1-2H3,(H,19,22). The molecule has 2 aromatic heterocycles. The molecule has 0 atom stereocenters. The van der Waals surface area contributed by atoms with Gasteiger partial charge >= 0.3 is 0 Å². The average molecular weight is 342 g/mol. The van der Waals surface area contributed by atoms with Crippen LogP contribution in [0.4, 0.5) is 5.69 Å². The van der Waals surface area contributed by atoms with Crippen LogP contribution < -0.4 is 5.32 Å². The Bertz CT molecular complexity index is 790. The first-order chi connectivity index (χ1) is 11.6. The smallest absolute Gasteiger partial charge is 0.234 e. The van der Waals surface area contributed by atoms with Crippen LogP contribution >= 0.6 is 11.8 Å². The van der Waals surface area contributed by atoms with Crippen molar-refractivity contribution in [2.45, 2.75) is 19.6 Å². The minimum absolute atomic E-state index is 0.0291. The molecule has 0 unspecified atom stereocenters. The van der Waals surface area contributed by atoms with Gasteiger partial charge in [-0.25, -0.2) is 4.68 Å². The van der Waals surface area contributed by atoms with Crippen LogP contribution in [0.25, 0.3) is 5.69 Å². The molecule has 0 saturated carbocycles. The number of aromatic nitrogens is 3. The molecule has 0 fully saturated rings. The highest BCUT2D eigenvalue weighted by Crippen LogP contribution is 2.20. The van der Waals surface area contributed by atoms with Crippen molar-refractivity contribution in [2.24, 2.45) is 0 Å². The summed E-state index contributed by atoms with van der Waals surface area (Å²) < 4.78 is 6.89. The summed E-state index contributed by atoms with van der Waals surface area (Å²) in [7, 11) is 0. The van der Waals surface area contributed by atoms with Crippen LogP contribution in [-0.2, 0) is 10.5 Å². The number of benzene rings is 1. The Balaban J connectivity index is 1.50. The fourth-order valence-electron chi connectivity index (χ4n) is 2.27. The molecule has 0 bridgehead atoms. The largest absolute Gasteiger partial charge is 0.361 e. The zero-order valence-electron chi connectivity index (χ0n) is 13.5. The maximum Gasteiger partial charge on any atom is 0.234 e. The SMILES string of the molecule is Cc1noc(C)c1CSCC(=O)Nc1ccc(-n2cccn2)cc1. The van der Waals surface area contributed by atoms with Gasteiger partial charge < -0.3 is 9.84 Å². The third kappa shape index (κ3) is 3.86. The van der Waals surface area contributed by atoms with E-state index in [1.165, 1.54) is 0 Å². The van der Waals surface area contributed by atoms with E-state index in [9.17, 15) is 4.79 Å². The predicted molar refractivity (Wildman–Crippen MR) is 94.3 cm³/mol. The first-order valence-corrected chi connectivity index (χ1v) is 8.68. The third-order valence-corrected chi connectivity index (χ3v) is 4.54. The van der Waals surface area contributed by atoms with Crippen molar-refractivity contribution in [3.63, 3.8) is 0 Å². The van der Waals surface area contributed by atoms with Crippen molar-refractivity contribution in [1.29, 1.82) is 0 Å². The van der Waals surface area contributed by atoms with E-state index in [1.807, 2.05) is 50.4 Å². The number of hydrogen-bond acceptors (Lipinski definition) is 5. The van der Waals surface area contributed by atoms with Crippen LogP contribution in [-0.4, -0.2) is 26.6 Å². The van der Waals surface area contributed by atoms with Gasteiger partial charge in [0.05, 0.1) is 17.1 Å². The lowest BCUT2D eigenvalue weighted by Gasteiger charge is -2.07. The molecule has 0 aliphatic heterocycles. The lowest BCUT2D eigenvalue weighted by Crippen LogP contribution is -2.14. The number of nitrogens with one attached hydrogen (secondary N) is 1. The normalized spacial score (nSPS) is 10.8. The molecular weight excluding hydrogens is 324 g/mol. The second-order valence-electron chi connectivity index (χ2n) is 5.34. The quantitative estimate of drug-likeness (QED) is 0.744. The summed E-state index contributed by atoms with van der Waals surface area (Å²) in [6.07, 6.45) is 3.60. The molecule has 1 aromatic carbocycles. The number of thioether (sulfide) groups is 1. The molecule has 0 saturated heterocycles. The van der Waals surface area contributed by atoms with E-state index in [1.54, 1.807) is 22.6 Å². The summed E-state index contributed by atoms with van der Waals surface area (Å²) in [6.45, 7) is 3.80. The molecule has 0 aliphatic carbocycles. The molecule has 7 heteroatoms. The van der Waals surface area contributed by atoms with E-state index < -0.39 is 0 Å². The molecule has 0 spiro atoms. The lowest BCUT2D eigenvalue weighted by molar-refractivity contribution is -0.113. The highest BCUT2D eigenvalue weighted by atomic mass is 32.2. The Kier molecular flexibility index (Phi) is 5.00. The van der Waals surface area contributed by atoms with Crippen LogP contribution in [0.5, 0.6) is 0 Å². The highest BCUT2D eigenvalue weighted by Gasteiger charge is 2.10.